The first-order valence-electron chi connectivity index (χ1n) is 11.3. The van der Waals surface area contributed by atoms with Crippen molar-refractivity contribution in [2.24, 2.45) is 11.8 Å². The molecule has 0 radical (unpaired) electrons. The van der Waals surface area contributed by atoms with Gasteiger partial charge in [-0.1, -0.05) is 6.92 Å². The molecule has 1 amide bonds. The normalized spacial score (nSPS) is 25.2. The number of rotatable bonds is 6. The first-order chi connectivity index (χ1) is 15.0. The molecule has 2 atom stereocenters. The summed E-state index contributed by atoms with van der Waals surface area (Å²) in [6.45, 7) is 4.04. The molecule has 2 aliphatic heterocycles. The van der Waals surface area contributed by atoms with Gasteiger partial charge < -0.3 is 24.8 Å². The number of carbonyl (C=O) groups excluding carboxylic acids is 1. The van der Waals surface area contributed by atoms with Crippen LogP contribution < -0.4 is 10.1 Å². The van der Waals surface area contributed by atoms with Gasteiger partial charge >= 0.3 is 5.97 Å². The number of carboxylic acid groups (broad SMARTS) is 1. The monoisotopic (exact) mass is 428 g/mol. The molecule has 1 aromatic rings. The largest absolute Gasteiger partial charge is 0.497 e. The summed E-state index contributed by atoms with van der Waals surface area (Å²) in [5.74, 6) is -0.929. The highest BCUT2D eigenvalue weighted by Gasteiger charge is 2.47. The summed E-state index contributed by atoms with van der Waals surface area (Å²) in [7, 11) is 1.65. The maximum absolute atomic E-state index is 12.9. The van der Waals surface area contributed by atoms with E-state index >= 15 is 0 Å². The zero-order chi connectivity index (χ0) is 22.0. The van der Waals surface area contributed by atoms with Gasteiger partial charge in [-0.15, -0.1) is 0 Å². The van der Waals surface area contributed by atoms with Crippen molar-refractivity contribution in [1.29, 1.82) is 0 Å². The van der Waals surface area contributed by atoms with Gasteiger partial charge in [0.25, 0.3) is 0 Å². The molecule has 1 saturated heterocycles. The number of nitrogens with zero attached hydrogens (tertiary/aromatic N) is 1. The summed E-state index contributed by atoms with van der Waals surface area (Å²) in [6.07, 6.45) is 4.57. The smallest absolute Gasteiger partial charge is 0.307 e. The molecule has 2 fully saturated rings. The fourth-order valence-electron chi connectivity index (χ4n) is 5.07. The fraction of sp³-hybridized carbons (Fsp3) is 0.583. The van der Waals surface area contributed by atoms with E-state index in [9.17, 15) is 14.7 Å². The molecular weight excluding hydrogens is 396 g/mol. The van der Waals surface area contributed by atoms with E-state index in [1.807, 2.05) is 29.2 Å². The lowest BCUT2D eigenvalue weighted by Crippen LogP contribution is -2.55. The summed E-state index contributed by atoms with van der Waals surface area (Å²) >= 11 is 0. The standard InChI is InChI=1S/C24H32N2O5/c1-3-16-10-15-31-24(21(16)25-17-4-6-18(30-2)7-5-17)11-13-26(14-12-24)22(27)19-8-9-20(19)23(28)29/h4-7,19-20,25H,3,8-15H2,1-2H3,(H,28,29). The second-order valence-electron chi connectivity index (χ2n) is 8.73. The number of piperidine rings is 1. The average molecular weight is 429 g/mol. The van der Waals surface area contributed by atoms with E-state index in [-0.39, 0.29) is 11.8 Å². The number of likely N-dealkylation sites (tertiary alicyclic amines) is 1. The minimum Gasteiger partial charge on any atom is -0.497 e. The van der Waals surface area contributed by atoms with Crippen LogP contribution in [0.3, 0.4) is 0 Å². The Morgan fingerprint density at radius 1 is 1.19 bits per heavy atom. The number of carbonyl (C=O) groups is 2. The molecule has 1 aromatic carbocycles. The zero-order valence-electron chi connectivity index (χ0n) is 18.4. The lowest BCUT2D eigenvalue weighted by Gasteiger charge is -2.47. The van der Waals surface area contributed by atoms with Crippen molar-refractivity contribution in [3.05, 3.63) is 35.5 Å². The van der Waals surface area contributed by atoms with Gasteiger partial charge in [-0.25, -0.2) is 0 Å². The number of hydrogen-bond donors (Lipinski definition) is 2. The summed E-state index contributed by atoms with van der Waals surface area (Å²) in [5, 5.41) is 12.9. The molecule has 0 aromatic heterocycles. The van der Waals surface area contributed by atoms with E-state index in [0.717, 1.165) is 30.0 Å². The third kappa shape index (κ3) is 4.15. The molecule has 7 heteroatoms. The Morgan fingerprint density at radius 2 is 1.87 bits per heavy atom. The highest BCUT2D eigenvalue weighted by Crippen LogP contribution is 2.42. The SMILES string of the molecule is CCC1=C(Nc2ccc(OC)cc2)C2(CCN(C(=O)C3CCC3C(=O)O)CC2)OCC1. The minimum atomic E-state index is -0.852. The molecule has 2 unspecified atom stereocenters. The Balaban J connectivity index is 1.49. The number of nitrogens with one attached hydrogen (secondary N) is 1. The van der Waals surface area contributed by atoms with Gasteiger partial charge in [0.05, 0.1) is 25.6 Å². The van der Waals surface area contributed by atoms with Crippen LogP contribution in [-0.4, -0.2) is 54.3 Å². The number of carboxylic acids is 1. The number of anilines is 1. The van der Waals surface area contributed by atoms with E-state index < -0.39 is 17.5 Å². The van der Waals surface area contributed by atoms with Gasteiger partial charge in [-0.2, -0.15) is 0 Å². The van der Waals surface area contributed by atoms with Crippen molar-refractivity contribution in [1.82, 2.24) is 4.90 Å². The number of amides is 1. The lowest BCUT2D eigenvalue weighted by atomic mass is 9.72. The molecular formula is C24H32N2O5. The molecule has 1 aliphatic carbocycles. The second-order valence-corrected chi connectivity index (χ2v) is 8.73. The second kappa shape index (κ2) is 8.91. The number of benzene rings is 1. The molecule has 1 saturated carbocycles. The van der Waals surface area contributed by atoms with E-state index in [2.05, 4.69) is 12.2 Å². The van der Waals surface area contributed by atoms with Crippen molar-refractivity contribution >= 4 is 17.6 Å². The van der Waals surface area contributed by atoms with E-state index in [1.54, 1.807) is 7.11 Å². The predicted molar refractivity (Wildman–Crippen MR) is 117 cm³/mol. The number of aliphatic carboxylic acids is 1. The molecule has 168 valence electrons. The molecule has 1 spiro atoms. The van der Waals surface area contributed by atoms with Crippen LogP contribution in [0.4, 0.5) is 5.69 Å². The van der Waals surface area contributed by atoms with Gasteiger partial charge in [0.15, 0.2) is 0 Å². The molecule has 7 nitrogen and oxygen atoms in total. The van der Waals surface area contributed by atoms with Crippen LogP contribution in [0.1, 0.15) is 45.4 Å². The van der Waals surface area contributed by atoms with Crippen molar-refractivity contribution in [2.45, 2.75) is 51.0 Å². The maximum Gasteiger partial charge on any atom is 0.307 e. The van der Waals surface area contributed by atoms with Crippen LogP contribution in [-0.2, 0) is 14.3 Å². The molecule has 3 aliphatic rings. The van der Waals surface area contributed by atoms with Crippen molar-refractivity contribution in [3.8, 4) is 5.75 Å². The van der Waals surface area contributed by atoms with Crippen molar-refractivity contribution in [2.75, 3.05) is 32.1 Å². The number of methoxy groups -OCH3 is 1. The Morgan fingerprint density at radius 3 is 2.42 bits per heavy atom. The number of hydrogen-bond acceptors (Lipinski definition) is 5. The van der Waals surface area contributed by atoms with Crippen LogP contribution in [0, 0.1) is 11.8 Å². The molecule has 31 heavy (non-hydrogen) atoms. The highest BCUT2D eigenvalue weighted by molar-refractivity contribution is 5.86. The summed E-state index contributed by atoms with van der Waals surface area (Å²) < 4.78 is 11.6. The zero-order valence-corrected chi connectivity index (χ0v) is 18.4. The quantitative estimate of drug-likeness (QED) is 0.719. The average Bonchev–Trinajstić information content (AvgIpc) is 2.75. The summed E-state index contributed by atoms with van der Waals surface area (Å²) in [6, 6.07) is 7.87. The third-order valence-electron chi connectivity index (χ3n) is 7.17. The van der Waals surface area contributed by atoms with Crippen molar-refractivity contribution in [3.63, 3.8) is 0 Å². The van der Waals surface area contributed by atoms with Crippen LogP contribution in [0.2, 0.25) is 0 Å². The topological polar surface area (TPSA) is 88.1 Å². The van der Waals surface area contributed by atoms with E-state index in [1.165, 1.54) is 5.57 Å². The highest BCUT2D eigenvalue weighted by atomic mass is 16.5. The molecule has 2 N–H and O–H groups in total. The lowest BCUT2D eigenvalue weighted by molar-refractivity contribution is -0.159. The van der Waals surface area contributed by atoms with Gasteiger partial charge in [0.2, 0.25) is 5.91 Å². The Kier molecular flexibility index (Phi) is 6.23. The van der Waals surface area contributed by atoms with Gasteiger partial charge in [-0.05, 0) is 68.4 Å². The summed E-state index contributed by atoms with van der Waals surface area (Å²) in [4.78, 5) is 26.1. The predicted octanol–water partition coefficient (Wildman–Crippen LogP) is 3.66. The van der Waals surface area contributed by atoms with Gasteiger partial charge in [0, 0.05) is 24.5 Å². The van der Waals surface area contributed by atoms with Crippen molar-refractivity contribution < 1.29 is 24.2 Å². The maximum atomic E-state index is 12.9. The summed E-state index contributed by atoms with van der Waals surface area (Å²) in [5.41, 5.74) is 3.06. The third-order valence-corrected chi connectivity index (χ3v) is 7.17. The van der Waals surface area contributed by atoms with Crippen LogP contribution >= 0.6 is 0 Å². The Bertz CT molecular complexity index is 855. The first-order valence-corrected chi connectivity index (χ1v) is 11.3. The van der Waals surface area contributed by atoms with Crippen LogP contribution in [0.15, 0.2) is 35.5 Å². The van der Waals surface area contributed by atoms with Gasteiger partial charge in [0.1, 0.15) is 11.4 Å². The Hall–Kier alpha value is -2.54. The minimum absolute atomic E-state index is 0.00586. The van der Waals surface area contributed by atoms with Crippen LogP contribution in [0.5, 0.6) is 5.75 Å². The molecule has 4 rings (SSSR count). The number of ether oxygens (including phenoxy) is 2. The molecule has 2 heterocycles. The van der Waals surface area contributed by atoms with E-state index in [4.69, 9.17) is 9.47 Å². The van der Waals surface area contributed by atoms with Gasteiger partial charge in [-0.3, -0.25) is 9.59 Å². The first kappa shape index (κ1) is 21.7. The van der Waals surface area contributed by atoms with Crippen LogP contribution in [0.25, 0.3) is 0 Å². The van der Waals surface area contributed by atoms with E-state index in [0.29, 0.717) is 45.4 Å². The fourth-order valence-corrected chi connectivity index (χ4v) is 5.07. The Labute approximate surface area is 183 Å². The molecule has 0 bridgehead atoms.